The molecular weight excluding hydrogens is 333 g/mol. The quantitative estimate of drug-likeness (QED) is 0.849. The number of hydrogen-bond donors (Lipinski definition) is 1. The molecule has 0 aliphatic rings. The van der Waals surface area contributed by atoms with E-state index in [-0.39, 0.29) is 11.9 Å². The van der Waals surface area contributed by atoms with Crippen molar-refractivity contribution in [2.75, 3.05) is 13.7 Å². The standard InChI is InChI=1S/C17H19BrFNO/c1-4-20-17(12-6-5-11(2)15(18)9-12)14-10-13(19)7-8-16(14)21-3/h5-10,17,20H,4H2,1-3H3. The van der Waals surface area contributed by atoms with Crippen LogP contribution < -0.4 is 10.1 Å². The monoisotopic (exact) mass is 351 g/mol. The molecule has 0 bridgehead atoms. The van der Waals surface area contributed by atoms with E-state index in [4.69, 9.17) is 4.74 Å². The van der Waals surface area contributed by atoms with Crippen LogP contribution in [0.25, 0.3) is 0 Å². The number of hydrogen-bond acceptors (Lipinski definition) is 2. The number of aryl methyl sites for hydroxylation is 1. The molecule has 2 aromatic carbocycles. The minimum atomic E-state index is -0.264. The van der Waals surface area contributed by atoms with Crippen molar-refractivity contribution in [1.82, 2.24) is 5.32 Å². The van der Waals surface area contributed by atoms with Gasteiger partial charge in [0.1, 0.15) is 11.6 Å². The smallest absolute Gasteiger partial charge is 0.124 e. The van der Waals surface area contributed by atoms with E-state index in [1.165, 1.54) is 17.7 Å². The van der Waals surface area contributed by atoms with Crippen molar-refractivity contribution in [3.8, 4) is 5.75 Å². The molecule has 0 amide bonds. The Hall–Kier alpha value is -1.39. The topological polar surface area (TPSA) is 21.3 Å². The number of rotatable bonds is 5. The Bertz CT molecular complexity index is 630. The van der Waals surface area contributed by atoms with Gasteiger partial charge in [-0.15, -0.1) is 0 Å². The Kier molecular flexibility index (Phi) is 5.37. The zero-order valence-electron chi connectivity index (χ0n) is 12.4. The van der Waals surface area contributed by atoms with Gasteiger partial charge in [-0.2, -0.15) is 0 Å². The van der Waals surface area contributed by atoms with Crippen LogP contribution in [0.4, 0.5) is 4.39 Å². The second-order valence-corrected chi connectivity index (χ2v) is 5.74. The molecule has 0 fully saturated rings. The minimum Gasteiger partial charge on any atom is -0.496 e. The molecule has 2 aromatic rings. The van der Waals surface area contributed by atoms with Gasteiger partial charge in [0.05, 0.1) is 13.2 Å². The van der Waals surface area contributed by atoms with Gasteiger partial charge in [0.25, 0.3) is 0 Å². The average molecular weight is 352 g/mol. The highest BCUT2D eigenvalue weighted by atomic mass is 79.9. The first-order valence-electron chi connectivity index (χ1n) is 6.89. The fourth-order valence-corrected chi connectivity index (χ4v) is 2.73. The van der Waals surface area contributed by atoms with Crippen LogP contribution in [0.15, 0.2) is 40.9 Å². The van der Waals surface area contributed by atoms with Crippen LogP contribution in [0.1, 0.15) is 29.7 Å². The van der Waals surface area contributed by atoms with Gasteiger partial charge in [0.15, 0.2) is 0 Å². The first kappa shape index (κ1) is 16.0. The van der Waals surface area contributed by atoms with Crippen LogP contribution in [-0.2, 0) is 0 Å². The fourth-order valence-electron chi connectivity index (χ4n) is 2.33. The van der Waals surface area contributed by atoms with Crippen LogP contribution in [0, 0.1) is 12.7 Å². The lowest BCUT2D eigenvalue weighted by Crippen LogP contribution is -2.22. The molecule has 0 aliphatic carbocycles. The zero-order chi connectivity index (χ0) is 15.4. The van der Waals surface area contributed by atoms with E-state index in [0.29, 0.717) is 5.75 Å². The fraction of sp³-hybridized carbons (Fsp3) is 0.294. The predicted molar refractivity (Wildman–Crippen MR) is 87.4 cm³/mol. The van der Waals surface area contributed by atoms with Crippen molar-refractivity contribution in [3.05, 3.63) is 63.4 Å². The first-order valence-corrected chi connectivity index (χ1v) is 7.69. The summed E-state index contributed by atoms with van der Waals surface area (Å²) in [4.78, 5) is 0. The maximum Gasteiger partial charge on any atom is 0.124 e. The maximum absolute atomic E-state index is 13.7. The highest BCUT2D eigenvalue weighted by Gasteiger charge is 2.18. The third-order valence-corrected chi connectivity index (χ3v) is 4.29. The van der Waals surface area contributed by atoms with Crippen molar-refractivity contribution in [2.45, 2.75) is 19.9 Å². The summed E-state index contributed by atoms with van der Waals surface area (Å²) < 4.78 is 20.1. The molecule has 21 heavy (non-hydrogen) atoms. The van der Waals surface area contributed by atoms with E-state index in [1.54, 1.807) is 13.2 Å². The molecule has 4 heteroatoms. The van der Waals surface area contributed by atoms with Gasteiger partial charge < -0.3 is 10.1 Å². The number of ether oxygens (including phenoxy) is 1. The molecule has 2 nitrogen and oxygen atoms in total. The molecule has 0 heterocycles. The predicted octanol–water partition coefficient (Wildman–Crippen LogP) is 4.60. The largest absolute Gasteiger partial charge is 0.496 e. The number of halogens is 2. The lowest BCUT2D eigenvalue weighted by molar-refractivity contribution is 0.402. The molecular formula is C17H19BrFNO. The van der Waals surface area contributed by atoms with Gasteiger partial charge in [-0.3, -0.25) is 0 Å². The first-order chi connectivity index (χ1) is 10.1. The number of benzene rings is 2. The van der Waals surface area contributed by atoms with Gasteiger partial charge in [-0.25, -0.2) is 4.39 Å². The van der Waals surface area contributed by atoms with Gasteiger partial charge in [0, 0.05) is 10.0 Å². The van der Waals surface area contributed by atoms with Crippen molar-refractivity contribution < 1.29 is 9.13 Å². The average Bonchev–Trinajstić information content (AvgIpc) is 2.48. The molecule has 0 saturated heterocycles. The van der Waals surface area contributed by atoms with Crippen molar-refractivity contribution in [2.24, 2.45) is 0 Å². The summed E-state index contributed by atoms with van der Waals surface area (Å²) in [5.74, 6) is 0.416. The van der Waals surface area contributed by atoms with Crippen LogP contribution in [0.3, 0.4) is 0 Å². The number of nitrogens with one attached hydrogen (secondary N) is 1. The third kappa shape index (κ3) is 3.63. The molecule has 0 saturated carbocycles. The summed E-state index contributed by atoms with van der Waals surface area (Å²) in [6.07, 6.45) is 0. The second-order valence-electron chi connectivity index (χ2n) is 4.89. The summed E-state index contributed by atoms with van der Waals surface area (Å²) in [5.41, 5.74) is 3.04. The Morgan fingerprint density at radius 2 is 2.00 bits per heavy atom. The Morgan fingerprint density at radius 3 is 2.62 bits per heavy atom. The molecule has 112 valence electrons. The summed E-state index contributed by atoms with van der Waals surface area (Å²) in [7, 11) is 1.60. The highest BCUT2D eigenvalue weighted by Crippen LogP contribution is 2.32. The van der Waals surface area contributed by atoms with Crippen LogP contribution >= 0.6 is 15.9 Å². The lowest BCUT2D eigenvalue weighted by atomic mass is 9.96. The van der Waals surface area contributed by atoms with Crippen LogP contribution in [0.2, 0.25) is 0 Å². The normalized spacial score (nSPS) is 12.2. The molecule has 0 aromatic heterocycles. The summed E-state index contributed by atoms with van der Waals surface area (Å²) in [6.45, 7) is 4.84. The van der Waals surface area contributed by atoms with Crippen LogP contribution in [0.5, 0.6) is 5.75 Å². The Balaban J connectivity index is 2.52. The van der Waals surface area contributed by atoms with E-state index in [2.05, 4.69) is 39.4 Å². The molecule has 0 spiro atoms. The van der Waals surface area contributed by atoms with E-state index < -0.39 is 0 Å². The molecule has 0 aliphatic heterocycles. The van der Waals surface area contributed by atoms with E-state index in [0.717, 1.165) is 22.1 Å². The van der Waals surface area contributed by atoms with Gasteiger partial charge in [0.2, 0.25) is 0 Å². The van der Waals surface area contributed by atoms with Gasteiger partial charge in [-0.05, 0) is 48.9 Å². The molecule has 1 unspecified atom stereocenters. The summed E-state index contributed by atoms with van der Waals surface area (Å²) in [6, 6.07) is 10.7. The third-order valence-electron chi connectivity index (χ3n) is 3.44. The van der Waals surface area contributed by atoms with Gasteiger partial charge >= 0.3 is 0 Å². The van der Waals surface area contributed by atoms with E-state index >= 15 is 0 Å². The highest BCUT2D eigenvalue weighted by molar-refractivity contribution is 9.10. The zero-order valence-corrected chi connectivity index (χ0v) is 14.0. The van der Waals surface area contributed by atoms with E-state index in [1.807, 2.05) is 13.8 Å². The van der Waals surface area contributed by atoms with Crippen LogP contribution in [-0.4, -0.2) is 13.7 Å². The molecule has 0 radical (unpaired) electrons. The summed E-state index contributed by atoms with van der Waals surface area (Å²) in [5, 5.41) is 3.40. The second kappa shape index (κ2) is 7.05. The van der Waals surface area contributed by atoms with Gasteiger partial charge in [-0.1, -0.05) is 35.0 Å². The molecule has 1 atom stereocenters. The minimum absolute atomic E-state index is 0.113. The van der Waals surface area contributed by atoms with Crippen molar-refractivity contribution >= 4 is 15.9 Å². The Labute approximate surface area is 133 Å². The van der Waals surface area contributed by atoms with Crippen molar-refractivity contribution in [1.29, 1.82) is 0 Å². The summed E-state index contributed by atoms with van der Waals surface area (Å²) >= 11 is 3.55. The SMILES string of the molecule is CCNC(c1ccc(C)c(Br)c1)c1cc(F)ccc1OC. The molecule has 2 rings (SSSR count). The van der Waals surface area contributed by atoms with Crippen molar-refractivity contribution in [3.63, 3.8) is 0 Å². The molecule has 1 N–H and O–H groups in total. The number of methoxy groups -OCH3 is 1. The van der Waals surface area contributed by atoms with E-state index in [9.17, 15) is 4.39 Å². The Morgan fingerprint density at radius 1 is 1.24 bits per heavy atom. The lowest BCUT2D eigenvalue weighted by Gasteiger charge is -2.22. The maximum atomic E-state index is 13.7.